The monoisotopic (exact) mass is 314 g/mol. The average Bonchev–Trinajstić information content (AvgIpc) is 3.09. The van der Waals surface area contributed by atoms with Crippen LogP contribution in [0.2, 0.25) is 0 Å². The van der Waals surface area contributed by atoms with Crippen molar-refractivity contribution in [2.75, 3.05) is 11.9 Å². The van der Waals surface area contributed by atoms with E-state index in [1.54, 1.807) is 22.7 Å². The summed E-state index contributed by atoms with van der Waals surface area (Å²) in [6, 6.07) is 10.2. The summed E-state index contributed by atoms with van der Waals surface area (Å²) in [6.45, 7) is 1.83. The van der Waals surface area contributed by atoms with Crippen LogP contribution in [0, 0.1) is 0 Å². The number of benzene rings is 1. The zero-order valence-corrected chi connectivity index (χ0v) is 12.9. The van der Waals surface area contributed by atoms with Gasteiger partial charge in [-0.3, -0.25) is 4.79 Å². The van der Waals surface area contributed by atoms with Gasteiger partial charge < -0.3 is 10.6 Å². The van der Waals surface area contributed by atoms with Gasteiger partial charge in [0.1, 0.15) is 0 Å². The minimum Gasteiger partial charge on any atom is -0.321 e. The molecule has 1 amide bonds. The Labute approximate surface area is 130 Å². The summed E-state index contributed by atoms with van der Waals surface area (Å²) in [7, 11) is 0. The van der Waals surface area contributed by atoms with Gasteiger partial charge in [0.25, 0.3) is 5.91 Å². The molecule has 0 saturated carbocycles. The summed E-state index contributed by atoms with van der Waals surface area (Å²) in [5.41, 5.74) is 3.48. The normalized spacial score (nSPS) is 14.1. The van der Waals surface area contributed by atoms with Crippen LogP contribution in [-0.2, 0) is 13.0 Å². The largest absolute Gasteiger partial charge is 0.321 e. The predicted octanol–water partition coefficient (Wildman–Crippen LogP) is 3.86. The first kappa shape index (κ1) is 13.0. The molecule has 0 aliphatic carbocycles. The number of hydrogen-bond acceptors (Lipinski definition) is 4. The molecule has 2 N–H and O–H groups in total. The Morgan fingerprint density at radius 2 is 2.19 bits per heavy atom. The molecule has 4 rings (SSSR count). The Hall–Kier alpha value is -1.69. The SMILES string of the molecule is O=C(Nc1cccc2c1CNCC2)c1cc2sccc2s1. The van der Waals surface area contributed by atoms with Crippen LogP contribution in [0.15, 0.2) is 35.7 Å². The van der Waals surface area contributed by atoms with Gasteiger partial charge >= 0.3 is 0 Å². The second-order valence-corrected chi connectivity index (χ2v) is 7.12. The molecule has 0 bridgehead atoms. The smallest absolute Gasteiger partial charge is 0.265 e. The molecule has 3 aromatic rings. The van der Waals surface area contributed by atoms with Crippen molar-refractivity contribution in [1.82, 2.24) is 5.32 Å². The van der Waals surface area contributed by atoms with E-state index in [4.69, 9.17) is 0 Å². The van der Waals surface area contributed by atoms with E-state index in [0.717, 1.165) is 30.1 Å². The molecule has 0 radical (unpaired) electrons. The molecule has 5 heteroatoms. The van der Waals surface area contributed by atoms with Crippen molar-refractivity contribution in [3.63, 3.8) is 0 Å². The second kappa shape index (κ2) is 5.26. The van der Waals surface area contributed by atoms with Gasteiger partial charge in [0, 0.05) is 21.6 Å². The molecule has 2 aromatic heterocycles. The van der Waals surface area contributed by atoms with Crippen LogP contribution < -0.4 is 10.6 Å². The van der Waals surface area contributed by atoms with Gasteiger partial charge in [0.05, 0.1) is 4.88 Å². The zero-order valence-electron chi connectivity index (χ0n) is 11.3. The fraction of sp³-hybridized carbons (Fsp3) is 0.188. The minimum atomic E-state index is -0.0117. The lowest BCUT2D eigenvalue weighted by molar-refractivity contribution is 0.103. The van der Waals surface area contributed by atoms with Gasteiger partial charge in [0.15, 0.2) is 0 Å². The van der Waals surface area contributed by atoms with E-state index in [-0.39, 0.29) is 5.91 Å². The third-order valence-electron chi connectivity index (χ3n) is 3.76. The van der Waals surface area contributed by atoms with Gasteiger partial charge in [-0.1, -0.05) is 12.1 Å². The molecule has 21 heavy (non-hydrogen) atoms. The van der Waals surface area contributed by atoms with Gasteiger partial charge in [-0.15, -0.1) is 22.7 Å². The second-order valence-electron chi connectivity index (χ2n) is 5.08. The molecule has 3 nitrogen and oxygen atoms in total. The Morgan fingerprint density at radius 1 is 1.24 bits per heavy atom. The third-order valence-corrected chi connectivity index (χ3v) is 5.85. The average molecular weight is 314 g/mol. The van der Waals surface area contributed by atoms with Crippen LogP contribution in [-0.4, -0.2) is 12.5 Å². The van der Waals surface area contributed by atoms with E-state index in [9.17, 15) is 4.79 Å². The highest BCUT2D eigenvalue weighted by Crippen LogP contribution is 2.31. The maximum Gasteiger partial charge on any atom is 0.265 e. The van der Waals surface area contributed by atoms with E-state index in [0.29, 0.717) is 0 Å². The number of thiophene rings is 2. The molecular weight excluding hydrogens is 300 g/mol. The first-order chi connectivity index (χ1) is 10.3. The van der Waals surface area contributed by atoms with Crippen molar-refractivity contribution in [2.24, 2.45) is 0 Å². The van der Waals surface area contributed by atoms with Crippen molar-refractivity contribution >= 4 is 43.7 Å². The summed E-state index contributed by atoms with van der Waals surface area (Å²) in [4.78, 5) is 13.2. The lowest BCUT2D eigenvalue weighted by Gasteiger charge is -2.20. The molecule has 0 unspecified atom stereocenters. The van der Waals surface area contributed by atoms with Crippen molar-refractivity contribution in [3.8, 4) is 0 Å². The van der Waals surface area contributed by atoms with Crippen molar-refractivity contribution in [1.29, 1.82) is 0 Å². The number of carbonyl (C=O) groups is 1. The number of hydrogen-bond donors (Lipinski definition) is 2. The topological polar surface area (TPSA) is 41.1 Å². The van der Waals surface area contributed by atoms with Crippen LogP contribution in [0.4, 0.5) is 5.69 Å². The highest BCUT2D eigenvalue weighted by atomic mass is 32.1. The number of anilines is 1. The maximum absolute atomic E-state index is 12.5. The fourth-order valence-corrected chi connectivity index (χ4v) is 4.70. The van der Waals surface area contributed by atoms with Crippen LogP contribution >= 0.6 is 22.7 Å². The van der Waals surface area contributed by atoms with Gasteiger partial charge in [-0.25, -0.2) is 0 Å². The zero-order chi connectivity index (χ0) is 14.2. The van der Waals surface area contributed by atoms with Gasteiger partial charge in [-0.05, 0) is 47.7 Å². The lowest BCUT2D eigenvalue weighted by atomic mass is 9.99. The number of nitrogens with one attached hydrogen (secondary N) is 2. The molecule has 1 aromatic carbocycles. The molecule has 0 atom stereocenters. The highest BCUT2D eigenvalue weighted by Gasteiger charge is 2.16. The summed E-state index contributed by atoms with van der Waals surface area (Å²) < 4.78 is 2.36. The summed E-state index contributed by atoms with van der Waals surface area (Å²) in [6.07, 6.45) is 1.02. The van der Waals surface area contributed by atoms with Gasteiger partial charge in [0.2, 0.25) is 0 Å². The molecule has 1 aliphatic rings. The highest BCUT2D eigenvalue weighted by molar-refractivity contribution is 7.27. The predicted molar refractivity (Wildman–Crippen MR) is 89.5 cm³/mol. The Kier molecular flexibility index (Phi) is 3.25. The summed E-state index contributed by atoms with van der Waals surface area (Å²) in [5.74, 6) is -0.0117. The van der Waals surface area contributed by atoms with E-state index in [2.05, 4.69) is 28.1 Å². The van der Waals surface area contributed by atoms with Crippen LogP contribution in [0.1, 0.15) is 20.8 Å². The molecule has 1 aliphatic heterocycles. The first-order valence-electron chi connectivity index (χ1n) is 6.91. The number of amides is 1. The summed E-state index contributed by atoms with van der Waals surface area (Å²) in [5, 5.41) is 8.50. The molecule has 0 saturated heterocycles. The molecule has 106 valence electrons. The van der Waals surface area contributed by atoms with Crippen molar-refractivity contribution in [3.05, 3.63) is 51.7 Å². The number of rotatable bonds is 2. The summed E-state index contributed by atoms with van der Waals surface area (Å²) >= 11 is 3.23. The Bertz CT molecular complexity index is 790. The van der Waals surface area contributed by atoms with Crippen molar-refractivity contribution < 1.29 is 4.79 Å². The minimum absolute atomic E-state index is 0.0117. The quantitative estimate of drug-likeness (QED) is 0.754. The number of fused-ring (bicyclic) bond motifs is 2. The lowest BCUT2D eigenvalue weighted by Crippen LogP contribution is -2.25. The first-order valence-corrected chi connectivity index (χ1v) is 8.61. The van der Waals surface area contributed by atoms with Crippen LogP contribution in [0.25, 0.3) is 9.40 Å². The van der Waals surface area contributed by atoms with Gasteiger partial charge in [-0.2, -0.15) is 0 Å². The van der Waals surface area contributed by atoms with E-state index < -0.39 is 0 Å². The standard InChI is InChI=1S/C16H14N2OS2/c19-16(15-8-14-13(21-15)5-7-20-14)18-12-3-1-2-10-4-6-17-9-11(10)12/h1-3,5,7-8,17H,4,6,9H2,(H,18,19). The molecule has 3 heterocycles. The Morgan fingerprint density at radius 3 is 3.10 bits per heavy atom. The van der Waals surface area contributed by atoms with Crippen LogP contribution in [0.5, 0.6) is 0 Å². The maximum atomic E-state index is 12.5. The molecular formula is C16H14N2OS2. The third kappa shape index (κ3) is 2.37. The Balaban J connectivity index is 1.63. The molecule has 0 spiro atoms. The fourth-order valence-electron chi connectivity index (χ4n) is 2.69. The van der Waals surface area contributed by atoms with Crippen molar-refractivity contribution in [2.45, 2.75) is 13.0 Å². The molecule has 0 fully saturated rings. The van der Waals surface area contributed by atoms with E-state index in [1.807, 2.05) is 18.2 Å². The van der Waals surface area contributed by atoms with E-state index in [1.165, 1.54) is 20.5 Å². The van der Waals surface area contributed by atoms with Crippen LogP contribution in [0.3, 0.4) is 0 Å². The van der Waals surface area contributed by atoms with E-state index >= 15 is 0 Å². The number of carbonyl (C=O) groups excluding carboxylic acids is 1.